The Morgan fingerprint density at radius 2 is 1.91 bits per heavy atom. The molecule has 1 N–H and O–H groups in total. The molecule has 1 heterocycles. The van der Waals surface area contributed by atoms with Crippen molar-refractivity contribution in [2.75, 3.05) is 16.6 Å². The minimum Gasteiger partial charge on any atom is -0.388 e. The summed E-state index contributed by atoms with van der Waals surface area (Å²) in [5.41, 5.74) is 3.35. The van der Waals surface area contributed by atoms with E-state index in [2.05, 4.69) is 0 Å². The second kappa shape index (κ2) is 6.34. The molecule has 2 aromatic carbocycles. The van der Waals surface area contributed by atoms with E-state index in [0.29, 0.717) is 30.6 Å². The zero-order chi connectivity index (χ0) is 16.4. The molecule has 5 heteroatoms. The molecule has 0 radical (unpaired) electrons. The fraction of sp³-hybridized carbons (Fsp3) is 0.333. The van der Waals surface area contributed by atoms with E-state index >= 15 is 0 Å². The average molecular weight is 331 g/mol. The Morgan fingerprint density at radius 3 is 2.65 bits per heavy atom. The summed E-state index contributed by atoms with van der Waals surface area (Å²) in [5, 5.41) is 10.2. The molecular formula is C18H21NO3S. The number of hydrogen-bond acceptors (Lipinski definition) is 3. The van der Waals surface area contributed by atoms with Gasteiger partial charge in [0, 0.05) is 12.1 Å². The molecule has 0 fully saturated rings. The van der Waals surface area contributed by atoms with Gasteiger partial charge in [-0.25, -0.2) is 8.42 Å². The average Bonchev–Trinajstić information content (AvgIpc) is 2.55. The molecule has 0 saturated carbocycles. The zero-order valence-corrected chi connectivity index (χ0v) is 14.0. The van der Waals surface area contributed by atoms with E-state index in [0.717, 1.165) is 11.1 Å². The molecule has 3 rings (SSSR count). The molecule has 0 spiro atoms. The number of benzene rings is 2. The van der Waals surface area contributed by atoms with Crippen molar-refractivity contribution in [2.45, 2.75) is 25.9 Å². The van der Waals surface area contributed by atoms with Crippen LogP contribution in [-0.4, -0.2) is 25.8 Å². The highest BCUT2D eigenvalue weighted by molar-refractivity contribution is 7.92. The summed E-state index contributed by atoms with van der Waals surface area (Å²) in [6.45, 7) is 2.27. The van der Waals surface area contributed by atoms with Crippen LogP contribution in [-0.2, 0) is 16.4 Å². The molecule has 23 heavy (non-hydrogen) atoms. The number of aryl methyl sites for hydroxylation is 2. The van der Waals surface area contributed by atoms with Crippen molar-refractivity contribution in [3.05, 3.63) is 65.2 Å². The van der Waals surface area contributed by atoms with E-state index < -0.39 is 16.1 Å². The minimum absolute atomic E-state index is 0.0699. The van der Waals surface area contributed by atoms with Crippen molar-refractivity contribution in [3.63, 3.8) is 0 Å². The van der Waals surface area contributed by atoms with Gasteiger partial charge in [0.15, 0.2) is 0 Å². The molecule has 0 aliphatic carbocycles. The van der Waals surface area contributed by atoms with Gasteiger partial charge in [-0.1, -0.05) is 48.0 Å². The van der Waals surface area contributed by atoms with Crippen LogP contribution in [0.1, 0.15) is 29.2 Å². The van der Waals surface area contributed by atoms with Gasteiger partial charge in [0.1, 0.15) is 0 Å². The Morgan fingerprint density at radius 1 is 1.17 bits per heavy atom. The minimum atomic E-state index is -3.41. The molecular weight excluding hydrogens is 310 g/mol. The second-order valence-electron chi connectivity index (χ2n) is 5.99. The molecule has 1 unspecified atom stereocenters. The van der Waals surface area contributed by atoms with Crippen LogP contribution in [0.4, 0.5) is 5.69 Å². The largest absolute Gasteiger partial charge is 0.388 e. The van der Waals surface area contributed by atoms with Gasteiger partial charge < -0.3 is 5.11 Å². The topological polar surface area (TPSA) is 57.6 Å². The first-order valence-corrected chi connectivity index (χ1v) is 9.41. The van der Waals surface area contributed by atoms with E-state index in [1.165, 1.54) is 4.31 Å². The lowest BCUT2D eigenvalue weighted by Gasteiger charge is -2.33. The maximum Gasteiger partial charge on any atom is 0.235 e. The third kappa shape index (κ3) is 3.41. The predicted octanol–water partition coefficient (Wildman–Crippen LogP) is 2.81. The van der Waals surface area contributed by atoms with Crippen molar-refractivity contribution in [2.24, 2.45) is 0 Å². The number of rotatable bonds is 4. The molecule has 4 nitrogen and oxygen atoms in total. The number of aliphatic hydroxyl groups excluding tert-OH is 1. The third-order valence-electron chi connectivity index (χ3n) is 4.24. The van der Waals surface area contributed by atoms with Crippen LogP contribution in [0.2, 0.25) is 0 Å². The van der Waals surface area contributed by atoms with Crippen LogP contribution in [0.5, 0.6) is 0 Å². The van der Waals surface area contributed by atoms with Gasteiger partial charge in [-0.3, -0.25) is 4.31 Å². The van der Waals surface area contributed by atoms with E-state index in [1.807, 2.05) is 49.4 Å². The van der Waals surface area contributed by atoms with Crippen LogP contribution in [0.3, 0.4) is 0 Å². The second-order valence-corrected chi connectivity index (χ2v) is 8.00. The Balaban J connectivity index is 1.85. The van der Waals surface area contributed by atoms with Crippen molar-refractivity contribution in [1.29, 1.82) is 0 Å². The highest BCUT2D eigenvalue weighted by Crippen LogP contribution is 2.36. The first-order chi connectivity index (χ1) is 11.0. The standard InChI is InChI=1S/C18H21NO3S/c1-14-7-8-17-16(13-14)18(20)9-11-19(17)23(21,22)12-10-15-5-3-2-4-6-15/h2-8,13,18,20H,9-12H2,1H3. The number of fused-ring (bicyclic) bond motifs is 1. The third-order valence-corrected chi connectivity index (χ3v) is 6.01. The Bertz CT molecular complexity index is 787. The van der Waals surface area contributed by atoms with Gasteiger partial charge in [0.25, 0.3) is 0 Å². The molecule has 2 aromatic rings. The fourth-order valence-electron chi connectivity index (χ4n) is 2.97. The SMILES string of the molecule is Cc1ccc2c(c1)C(O)CCN2S(=O)(=O)CCc1ccccc1. The molecule has 1 aliphatic rings. The molecule has 1 atom stereocenters. The number of aliphatic hydroxyl groups is 1. The van der Waals surface area contributed by atoms with Gasteiger partial charge in [0.05, 0.1) is 17.5 Å². The smallest absolute Gasteiger partial charge is 0.235 e. The highest BCUT2D eigenvalue weighted by atomic mass is 32.2. The molecule has 122 valence electrons. The lowest BCUT2D eigenvalue weighted by Crippen LogP contribution is -2.38. The maximum absolute atomic E-state index is 12.8. The summed E-state index contributed by atoms with van der Waals surface area (Å²) in [6, 6.07) is 15.2. The summed E-state index contributed by atoms with van der Waals surface area (Å²) >= 11 is 0. The fourth-order valence-corrected chi connectivity index (χ4v) is 4.54. The predicted molar refractivity (Wildman–Crippen MR) is 92.0 cm³/mol. The van der Waals surface area contributed by atoms with Gasteiger partial charge in [-0.15, -0.1) is 0 Å². The summed E-state index contributed by atoms with van der Waals surface area (Å²) in [6.07, 6.45) is 0.329. The van der Waals surface area contributed by atoms with Crippen LogP contribution in [0.15, 0.2) is 48.5 Å². The van der Waals surface area contributed by atoms with E-state index in [-0.39, 0.29) is 5.75 Å². The normalized spacial score (nSPS) is 17.8. The summed E-state index contributed by atoms with van der Waals surface area (Å²) in [4.78, 5) is 0. The zero-order valence-electron chi connectivity index (χ0n) is 13.1. The monoisotopic (exact) mass is 331 g/mol. The summed E-state index contributed by atoms with van der Waals surface area (Å²) < 4.78 is 27.0. The van der Waals surface area contributed by atoms with E-state index in [1.54, 1.807) is 6.07 Å². The maximum atomic E-state index is 12.8. The number of sulfonamides is 1. The molecule has 1 aliphatic heterocycles. The van der Waals surface area contributed by atoms with Crippen molar-refractivity contribution in [1.82, 2.24) is 0 Å². The first-order valence-electron chi connectivity index (χ1n) is 7.80. The van der Waals surface area contributed by atoms with E-state index in [9.17, 15) is 13.5 Å². The van der Waals surface area contributed by atoms with Gasteiger partial charge in [-0.05, 0) is 31.4 Å². The van der Waals surface area contributed by atoms with Crippen LogP contribution < -0.4 is 4.31 Å². The quantitative estimate of drug-likeness (QED) is 0.937. The van der Waals surface area contributed by atoms with Gasteiger partial charge in [-0.2, -0.15) is 0 Å². The molecule has 0 bridgehead atoms. The van der Waals surface area contributed by atoms with Gasteiger partial charge in [0.2, 0.25) is 10.0 Å². The van der Waals surface area contributed by atoms with Crippen LogP contribution >= 0.6 is 0 Å². The lowest BCUT2D eigenvalue weighted by atomic mass is 9.99. The summed E-state index contributed by atoms with van der Waals surface area (Å²) in [7, 11) is -3.41. The Labute approximate surface area is 137 Å². The van der Waals surface area contributed by atoms with Gasteiger partial charge >= 0.3 is 0 Å². The number of hydrogen-bond donors (Lipinski definition) is 1. The van der Waals surface area contributed by atoms with E-state index in [4.69, 9.17) is 0 Å². The van der Waals surface area contributed by atoms with Crippen molar-refractivity contribution < 1.29 is 13.5 Å². The first kappa shape index (κ1) is 16.0. The molecule has 0 saturated heterocycles. The van der Waals surface area contributed by atoms with Crippen LogP contribution in [0, 0.1) is 6.92 Å². The summed E-state index contributed by atoms with van der Waals surface area (Å²) in [5.74, 6) is 0.0699. The Kier molecular flexibility index (Phi) is 4.41. The molecule has 0 aromatic heterocycles. The Hall–Kier alpha value is -1.85. The number of anilines is 1. The lowest BCUT2D eigenvalue weighted by molar-refractivity contribution is 0.166. The number of nitrogens with zero attached hydrogens (tertiary/aromatic N) is 1. The highest BCUT2D eigenvalue weighted by Gasteiger charge is 2.31. The molecule has 0 amide bonds. The van der Waals surface area contributed by atoms with Crippen molar-refractivity contribution in [3.8, 4) is 0 Å². The van der Waals surface area contributed by atoms with Crippen LogP contribution in [0.25, 0.3) is 0 Å². The van der Waals surface area contributed by atoms with Crippen molar-refractivity contribution >= 4 is 15.7 Å².